The molecule has 5 heteroatoms. The van der Waals surface area contributed by atoms with E-state index in [4.69, 9.17) is 19.6 Å². The first-order valence-electron chi connectivity index (χ1n) is 10.6. The third-order valence-corrected chi connectivity index (χ3v) is 10.1. The third kappa shape index (κ3) is 8.07. The first-order valence-corrected chi connectivity index (χ1v) is 13.5. The molecule has 0 aliphatic rings. The number of benzene rings is 2. The Bertz CT molecular complexity index is 778. The average Bonchev–Trinajstić information content (AvgIpc) is 2.72. The topological polar surface area (TPSA) is 53.7 Å². The van der Waals surface area contributed by atoms with Crippen molar-refractivity contribution in [3.05, 3.63) is 65.2 Å². The van der Waals surface area contributed by atoms with Crippen molar-refractivity contribution in [1.82, 2.24) is 0 Å². The molecule has 2 rings (SSSR count). The van der Waals surface area contributed by atoms with Crippen molar-refractivity contribution >= 4 is 20.5 Å². The molecule has 2 aromatic carbocycles. The molecule has 0 aliphatic carbocycles. The fourth-order valence-electron chi connectivity index (χ4n) is 2.53. The van der Waals surface area contributed by atoms with Crippen LogP contribution in [-0.4, -0.2) is 34.7 Å². The van der Waals surface area contributed by atoms with Crippen LogP contribution in [0.3, 0.4) is 0 Å². The number of hydrogen-bond acceptors (Lipinski definition) is 4. The van der Waals surface area contributed by atoms with E-state index in [1.807, 2.05) is 24.3 Å². The molecule has 164 valence electrons. The molecule has 0 amide bonds. The van der Waals surface area contributed by atoms with Crippen LogP contribution in [0, 0.1) is 0 Å². The van der Waals surface area contributed by atoms with Gasteiger partial charge < -0.3 is 19.6 Å². The summed E-state index contributed by atoms with van der Waals surface area (Å²) in [6.45, 7) is 14.2. The lowest BCUT2D eigenvalue weighted by Gasteiger charge is -2.36. The van der Waals surface area contributed by atoms with Crippen molar-refractivity contribution in [2.45, 2.75) is 45.4 Å². The van der Waals surface area contributed by atoms with E-state index < -0.39 is 8.32 Å². The fraction of sp³-hybridized carbons (Fsp3) is 0.440. The molecule has 2 N–H and O–H groups in total. The van der Waals surface area contributed by atoms with E-state index >= 15 is 0 Å². The largest absolute Gasteiger partial charge is 0.491 e. The van der Waals surface area contributed by atoms with Crippen LogP contribution < -0.4 is 10.5 Å². The summed E-state index contributed by atoms with van der Waals surface area (Å²) in [5.41, 5.74) is 9.06. The van der Waals surface area contributed by atoms with Gasteiger partial charge in [-0.05, 0) is 47.0 Å². The zero-order valence-corrected chi connectivity index (χ0v) is 20.1. The molecule has 0 saturated heterocycles. The van der Waals surface area contributed by atoms with Gasteiger partial charge in [-0.3, -0.25) is 0 Å². The highest BCUT2D eigenvalue weighted by molar-refractivity contribution is 6.74. The molecule has 0 spiro atoms. The van der Waals surface area contributed by atoms with Gasteiger partial charge in [0.15, 0.2) is 8.32 Å². The van der Waals surface area contributed by atoms with Crippen molar-refractivity contribution in [1.29, 1.82) is 0 Å². The third-order valence-electron chi connectivity index (χ3n) is 5.56. The van der Waals surface area contributed by atoms with Gasteiger partial charge in [-0.2, -0.15) is 0 Å². The maximum Gasteiger partial charge on any atom is 0.192 e. The van der Waals surface area contributed by atoms with Crippen molar-refractivity contribution in [3.8, 4) is 5.75 Å². The summed E-state index contributed by atoms with van der Waals surface area (Å²) in [6, 6.07) is 16.3. The molecule has 2 aromatic rings. The van der Waals surface area contributed by atoms with Crippen LogP contribution in [0.4, 0.5) is 0 Å². The highest BCUT2D eigenvalue weighted by Crippen LogP contribution is 2.36. The number of ether oxygens (including phenoxy) is 2. The van der Waals surface area contributed by atoms with Gasteiger partial charge in [-0.25, -0.2) is 0 Å². The van der Waals surface area contributed by atoms with Crippen molar-refractivity contribution in [2.24, 2.45) is 5.73 Å². The summed E-state index contributed by atoms with van der Waals surface area (Å²) in [7, 11) is -1.69. The lowest BCUT2D eigenvalue weighted by Crippen LogP contribution is -2.41. The van der Waals surface area contributed by atoms with Crippen molar-refractivity contribution in [3.63, 3.8) is 0 Å². The summed E-state index contributed by atoms with van der Waals surface area (Å²) >= 11 is 0. The predicted octanol–water partition coefficient (Wildman–Crippen LogP) is 5.73. The Labute approximate surface area is 183 Å². The van der Waals surface area contributed by atoms with Crippen molar-refractivity contribution < 1.29 is 13.9 Å². The van der Waals surface area contributed by atoms with Crippen LogP contribution in [0.1, 0.15) is 37.5 Å². The molecule has 30 heavy (non-hydrogen) atoms. The Morgan fingerprint density at radius 2 is 1.33 bits per heavy atom. The van der Waals surface area contributed by atoms with Crippen LogP contribution in [0.2, 0.25) is 18.1 Å². The summed E-state index contributed by atoms with van der Waals surface area (Å²) in [5.74, 6) is 0.848. The van der Waals surface area contributed by atoms with Crippen LogP contribution in [0.15, 0.2) is 48.5 Å². The van der Waals surface area contributed by atoms with Gasteiger partial charge in [0.25, 0.3) is 0 Å². The molecule has 0 heterocycles. The molecule has 0 aliphatic heterocycles. The summed E-state index contributed by atoms with van der Waals surface area (Å²) in [5, 5.41) is 0.229. The van der Waals surface area contributed by atoms with Gasteiger partial charge in [0.1, 0.15) is 12.4 Å². The van der Waals surface area contributed by atoms with E-state index in [2.05, 4.69) is 70.3 Å². The number of nitrogens with two attached hydrogens (primary N) is 1. The fourth-order valence-corrected chi connectivity index (χ4v) is 3.55. The van der Waals surface area contributed by atoms with Gasteiger partial charge in [0.2, 0.25) is 0 Å². The minimum Gasteiger partial charge on any atom is -0.491 e. The first-order chi connectivity index (χ1) is 14.2. The molecule has 0 atom stereocenters. The molecule has 0 unspecified atom stereocenters. The Balaban J connectivity index is 1.65. The van der Waals surface area contributed by atoms with Gasteiger partial charge in [-0.1, -0.05) is 69.3 Å². The van der Waals surface area contributed by atoms with Crippen LogP contribution in [-0.2, 0) is 15.7 Å². The van der Waals surface area contributed by atoms with Gasteiger partial charge in [0, 0.05) is 6.54 Å². The molecule has 0 bridgehead atoms. The highest BCUT2D eigenvalue weighted by atomic mass is 28.4. The molecular weight excluding hydrogens is 390 g/mol. The molecular formula is C25H37NO3Si. The van der Waals surface area contributed by atoms with Gasteiger partial charge >= 0.3 is 0 Å². The van der Waals surface area contributed by atoms with E-state index in [-0.39, 0.29) is 5.04 Å². The van der Waals surface area contributed by atoms with Crippen LogP contribution in [0.5, 0.6) is 5.75 Å². The lowest BCUT2D eigenvalue weighted by atomic mass is 10.1. The molecule has 4 nitrogen and oxygen atoms in total. The van der Waals surface area contributed by atoms with Crippen molar-refractivity contribution in [2.75, 3.05) is 26.4 Å². The SMILES string of the molecule is CC(C)(C)[Si](C)(C)OCCOCCOc1ccc(C=Cc2ccc(CN)cc2)cc1. The Hall–Kier alpha value is -1.92. The maximum atomic E-state index is 6.10. The molecule has 0 saturated carbocycles. The Morgan fingerprint density at radius 1 is 0.800 bits per heavy atom. The Morgan fingerprint density at radius 3 is 1.87 bits per heavy atom. The van der Waals surface area contributed by atoms with E-state index in [0.717, 1.165) is 22.4 Å². The number of rotatable bonds is 11. The maximum absolute atomic E-state index is 6.10. The second-order valence-electron chi connectivity index (χ2n) is 8.92. The zero-order valence-electron chi connectivity index (χ0n) is 19.1. The van der Waals surface area contributed by atoms with Crippen LogP contribution >= 0.6 is 0 Å². The number of hydrogen-bond donors (Lipinski definition) is 1. The second-order valence-corrected chi connectivity index (χ2v) is 13.7. The van der Waals surface area contributed by atoms with E-state index in [0.29, 0.717) is 33.0 Å². The first kappa shape index (κ1) is 24.3. The second kappa shape index (κ2) is 11.5. The minimum atomic E-state index is -1.69. The highest BCUT2D eigenvalue weighted by Gasteiger charge is 2.36. The summed E-state index contributed by atoms with van der Waals surface area (Å²) < 4.78 is 17.5. The summed E-state index contributed by atoms with van der Waals surface area (Å²) in [4.78, 5) is 0. The Kier molecular flexibility index (Phi) is 9.30. The smallest absolute Gasteiger partial charge is 0.192 e. The lowest BCUT2D eigenvalue weighted by molar-refractivity contribution is 0.0730. The zero-order chi connectivity index (χ0) is 22.0. The van der Waals surface area contributed by atoms with E-state index in [1.165, 1.54) is 0 Å². The minimum absolute atomic E-state index is 0.229. The molecule has 0 radical (unpaired) electrons. The summed E-state index contributed by atoms with van der Waals surface area (Å²) in [6.07, 6.45) is 4.18. The quantitative estimate of drug-likeness (QED) is 0.282. The van der Waals surface area contributed by atoms with E-state index in [9.17, 15) is 0 Å². The average molecular weight is 428 g/mol. The van der Waals surface area contributed by atoms with Crippen LogP contribution in [0.25, 0.3) is 12.2 Å². The standard InChI is InChI=1S/C25H37NO3Si/c1-25(2,3)30(4,5)29-19-17-27-16-18-28-24-14-12-22(13-15-24)7-6-21-8-10-23(20-26)11-9-21/h6-15H,16-20,26H2,1-5H3. The monoisotopic (exact) mass is 427 g/mol. The van der Waals surface area contributed by atoms with Gasteiger partial charge in [0.05, 0.1) is 19.8 Å². The predicted molar refractivity (Wildman–Crippen MR) is 129 cm³/mol. The van der Waals surface area contributed by atoms with Gasteiger partial charge in [-0.15, -0.1) is 0 Å². The normalized spacial score (nSPS) is 12.5. The molecule has 0 aromatic heterocycles. The molecule has 0 fully saturated rings. The van der Waals surface area contributed by atoms with E-state index in [1.54, 1.807) is 0 Å².